The molecule has 0 bridgehead atoms. The number of anilines is 1. The van der Waals surface area contributed by atoms with Crippen LogP contribution in [0.25, 0.3) is 28.1 Å². The molecular formula is C26H24N4O3S. The molecule has 0 spiro atoms. The van der Waals surface area contributed by atoms with E-state index in [1.54, 1.807) is 24.3 Å². The van der Waals surface area contributed by atoms with E-state index in [1.807, 2.05) is 72.1 Å². The molecule has 0 fully saturated rings. The van der Waals surface area contributed by atoms with Crippen molar-refractivity contribution in [3.63, 3.8) is 0 Å². The largest absolute Gasteiger partial charge is 0.385 e. The fourth-order valence-electron chi connectivity index (χ4n) is 3.74. The number of para-hydroxylation sites is 2. The number of imidazole rings is 1. The zero-order valence-electron chi connectivity index (χ0n) is 18.7. The molecule has 2 heterocycles. The Morgan fingerprint density at radius 3 is 2.62 bits per heavy atom. The molecule has 3 aromatic carbocycles. The number of aromatic nitrogens is 3. The summed E-state index contributed by atoms with van der Waals surface area (Å²) in [7, 11) is -3.74. The summed E-state index contributed by atoms with van der Waals surface area (Å²) in [4.78, 5) is 9.52. The van der Waals surface area contributed by atoms with Crippen LogP contribution in [0.2, 0.25) is 0 Å². The Hall–Kier alpha value is -3.75. The van der Waals surface area contributed by atoms with E-state index >= 15 is 0 Å². The maximum Gasteiger partial charge on any atom is 0.296 e. The molecular weight excluding hydrogens is 448 g/mol. The quantitative estimate of drug-likeness (QED) is 0.251. The average Bonchev–Trinajstić information content (AvgIpc) is 3.22. The van der Waals surface area contributed by atoms with Crippen molar-refractivity contribution in [3.8, 4) is 11.3 Å². The summed E-state index contributed by atoms with van der Waals surface area (Å²) in [5.41, 5.74) is 5.66. The van der Waals surface area contributed by atoms with Gasteiger partial charge in [0.05, 0.1) is 28.2 Å². The number of aryl methyl sites for hydroxylation is 1. The van der Waals surface area contributed by atoms with E-state index in [0.29, 0.717) is 18.7 Å². The molecule has 5 rings (SSSR count). The Morgan fingerprint density at radius 2 is 1.76 bits per heavy atom. The number of rotatable bonds is 8. The minimum Gasteiger partial charge on any atom is -0.385 e. The Kier molecular flexibility index (Phi) is 6.00. The smallest absolute Gasteiger partial charge is 0.296 e. The molecule has 0 saturated carbocycles. The number of hydrogen-bond donors (Lipinski definition) is 1. The van der Waals surface area contributed by atoms with Gasteiger partial charge in [0.25, 0.3) is 10.1 Å². The lowest BCUT2D eigenvalue weighted by atomic mass is 10.1. The highest BCUT2D eigenvalue weighted by Gasteiger charge is 2.14. The molecule has 34 heavy (non-hydrogen) atoms. The van der Waals surface area contributed by atoms with E-state index in [4.69, 9.17) is 9.17 Å². The highest BCUT2D eigenvalue weighted by molar-refractivity contribution is 7.86. The lowest BCUT2D eigenvalue weighted by Gasteiger charge is -2.09. The van der Waals surface area contributed by atoms with Gasteiger partial charge in [-0.05, 0) is 55.8 Å². The fourth-order valence-corrected chi connectivity index (χ4v) is 4.69. The number of nitrogens with zero attached hydrogens (tertiary/aromatic N) is 3. The Balaban J connectivity index is 1.21. The van der Waals surface area contributed by atoms with Gasteiger partial charge in [-0.25, -0.2) is 9.97 Å². The molecule has 5 aromatic rings. The first kappa shape index (κ1) is 22.1. The second-order valence-corrected chi connectivity index (χ2v) is 9.65. The van der Waals surface area contributed by atoms with Crippen molar-refractivity contribution in [3.05, 3.63) is 90.6 Å². The number of nitrogens with one attached hydrogen (secondary N) is 1. The van der Waals surface area contributed by atoms with Crippen molar-refractivity contribution >= 4 is 32.6 Å². The van der Waals surface area contributed by atoms with Crippen molar-refractivity contribution in [2.24, 2.45) is 0 Å². The van der Waals surface area contributed by atoms with Crippen LogP contribution >= 0.6 is 0 Å². The zero-order chi connectivity index (χ0) is 23.5. The van der Waals surface area contributed by atoms with Crippen molar-refractivity contribution in [1.29, 1.82) is 0 Å². The zero-order valence-corrected chi connectivity index (χ0v) is 19.5. The van der Waals surface area contributed by atoms with Crippen LogP contribution in [0.15, 0.2) is 90.0 Å². The molecule has 0 unspecified atom stereocenters. The van der Waals surface area contributed by atoms with Crippen molar-refractivity contribution in [2.45, 2.75) is 18.2 Å². The number of fused-ring (bicyclic) bond motifs is 3. The first-order valence-electron chi connectivity index (χ1n) is 11.0. The van der Waals surface area contributed by atoms with Gasteiger partial charge in [0, 0.05) is 24.0 Å². The van der Waals surface area contributed by atoms with Crippen LogP contribution in [0.3, 0.4) is 0 Å². The third-order valence-electron chi connectivity index (χ3n) is 5.54. The van der Waals surface area contributed by atoms with Gasteiger partial charge in [0.1, 0.15) is 0 Å². The third-order valence-corrected chi connectivity index (χ3v) is 6.86. The maximum atomic E-state index is 12.3. The predicted octanol–water partition coefficient (Wildman–Crippen LogP) is 5.07. The normalized spacial score (nSPS) is 11.8. The van der Waals surface area contributed by atoms with Crippen molar-refractivity contribution in [2.75, 3.05) is 18.5 Å². The van der Waals surface area contributed by atoms with Crippen LogP contribution in [0.1, 0.15) is 12.0 Å². The lowest BCUT2D eigenvalue weighted by Crippen LogP contribution is -2.11. The molecule has 0 saturated heterocycles. The van der Waals surface area contributed by atoms with Crippen LogP contribution in [-0.2, 0) is 14.3 Å². The summed E-state index contributed by atoms with van der Waals surface area (Å²) in [6, 6.07) is 24.5. The lowest BCUT2D eigenvalue weighted by molar-refractivity contribution is 0.316. The highest BCUT2D eigenvalue weighted by Crippen LogP contribution is 2.23. The summed E-state index contributed by atoms with van der Waals surface area (Å²) < 4.78 is 31.7. The maximum absolute atomic E-state index is 12.3. The predicted molar refractivity (Wildman–Crippen MR) is 133 cm³/mol. The van der Waals surface area contributed by atoms with Gasteiger partial charge in [-0.3, -0.25) is 8.58 Å². The van der Waals surface area contributed by atoms with Gasteiger partial charge >= 0.3 is 0 Å². The topological polar surface area (TPSA) is 85.6 Å². The first-order chi connectivity index (χ1) is 16.5. The molecule has 0 aliphatic carbocycles. The van der Waals surface area contributed by atoms with E-state index in [-0.39, 0.29) is 11.5 Å². The first-order valence-corrected chi connectivity index (χ1v) is 12.4. The van der Waals surface area contributed by atoms with Gasteiger partial charge in [-0.15, -0.1) is 0 Å². The van der Waals surface area contributed by atoms with Gasteiger partial charge in [-0.1, -0.05) is 42.0 Å². The number of benzene rings is 3. The van der Waals surface area contributed by atoms with E-state index in [0.717, 1.165) is 33.5 Å². The molecule has 0 aliphatic heterocycles. The Labute approximate surface area is 198 Å². The summed E-state index contributed by atoms with van der Waals surface area (Å²) in [6.45, 7) is 2.59. The minimum absolute atomic E-state index is 0.106. The van der Waals surface area contributed by atoms with Gasteiger partial charge in [-0.2, -0.15) is 8.42 Å². The van der Waals surface area contributed by atoms with Gasteiger partial charge in [0.2, 0.25) is 5.78 Å². The standard InChI is InChI=1S/C26H24N4O3S/c1-19-10-12-22(13-11-19)34(31,32)33-17-5-15-27-21-7-4-6-20(18-21)23-14-16-30-25-9-3-2-8-24(25)29-26(30)28-23/h2-4,6-14,16,18,27H,5,15,17H2,1H3. The molecule has 0 aliphatic rings. The Bertz CT molecular complexity index is 1560. The second-order valence-electron chi connectivity index (χ2n) is 8.03. The average molecular weight is 473 g/mol. The monoisotopic (exact) mass is 472 g/mol. The minimum atomic E-state index is -3.74. The Morgan fingerprint density at radius 1 is 0.941 bits per heavy atom. The second kappa shape index (κ2) is 9.24. The summed E-state index contributed by atoms with van der Waals surface area (Å²) in [5, 5.41) is 3.32. The van der Waals surface area contributed by atoms with Crippen molar-refractivity contribution in [1.82, 2.24) is 14.4 Å². The van der Waals surface area contributed by atoms with Gasteiger partial charge in [0.15, 0.2) is 0 Å². The van der Waals surface area contributed by atoms with Crippen molar-refractivity contribution < 1.29 is 12.6 Å². The molecule has 0 amide bonds. The number of hydrogen-bond acceptors (Lipinski definition) is 6. The van der Waals surface area contributed by atoms with Crippen LogP contribution in [0.4, 0.5) is 5.69 Å². The van der Waals surface area contributed by atoms with E-state index in [9.17, 15) is 8.42 Å². The third kappa shape index (κ3) is 4.64. The summed E-state index contributed by atoms with van der Waals surface area (Å²) in [6.07, 6.45) is 2.53. The van der Waals surface area contributed by atoms with Gasteiger partial charge < -0.3 is 5.32 Å². The molecule has 7 nitrogen and oxygen atoms in total. The van der Waals surface area contributed by atoms with Crippen LogP contribution in [0, 0.1) is 6.92 Å². The van der Waals surface area contributed by atoms with Crippen LogP contribution < -0.4 is 5.32 Å². The molecule has 8 heteroatoms. The van der Waals surface area contributed by atoms with E-state index in [2.05, 4.69) is 10.3 Å². The fraction of sp³-hybridized carbons (Fsp3) is 0.154. The van der Waals surface area contributed by atoms with Crippen LogP contribution in [0.5, 0.6) is 0 Å². The van der Waals surface area contributed by atoms with E-state index < -0.39 is 10.1 Å². The molecule has 1 N–H and O–H groups in total. The molecule has 0 atom stereocenters. The molecule has 172 valence electrons. The highest BCUT2D eigenvalue weighted by atomic mass is 32.2. The summed E-state index contributed by atoms with van der Waals surface area (Å²) in [5.74, 6) is 0.656. The van der Waals surface area contributed by atoms with E-state index in [1.165, 1.54) is 0 Å². The van der Waals surface area contributed by atoms with Crippen LogP contribution in [-0.4, -0.2) is 35.9 Å². The molecule has 0 radical (unpaired) electrons. The SMILES string of the molecule is Cc1ccc(S(=O)(=O)OCCCNc2cccc(-c3ccn4c(n3)nc3ccccc34)c2)cc1. The summed E-state index contributed by atoms with van der Waals surface area (Å²) >= 11 is 0. The molecule has 2 aromatic heterocycles.